The summed E-state index contributed by atoms with van der Waals surface area (Å²) in [5.74, 6) is 1.58. The first-order valence-corrected chi connectivity index (χ1v) is 9.17. The standard InChI is InChI=1S/C20H23ClN4O2/c1-12(2)18(19-23-15-6-4-5-7-16(15)24-19)25-20(26)22-11-13-10-14(21)8-9-17(13)27-3/h4-10,12,18H,11H2,1-3H3,(H,23,24)(H2,22,25,26). The maximum atomic E-state index is 12.5. The molecule has 0 aliphatic carbocycles. The number of halogens is 1. The molecule has 0 radical (unpaired) electrons. The quantitative estimate of drug-likeness (QED) is 0.586. The van der Waals surface area contributed by atoms with Gasteiger partial charge in [-0.1, -0.05) is 37.6 Å². The zero-order valence-electron chi connectivity index (χ0n) is 15.5. The fraction of sp³-hybridized carbons (Fsp3) is 0.300. The van der Waals surface area contributed by atoms with E-state index in [-0.39, 0.29) is 18.0 Å². The second-order valence-electron chi connectivity index (χ2n) is 6.64. The Morgan fingerprint density at radius 3 is 2.74 bits per heavy atom. The number of nitrogens with zero attached hydrogens (tertiary/aromatic N) is 1. The van der Waals surface area contributed by atoms with Gasteiger partial charge in [0.05, 0.1) is 24.2 Å². The molecule has 2 aromatic carbocycles. The number of hydrogen-bond donors (Lipinski definition) is 3. The van der Waals surface area contributed by atoms with E-state index < -0.39 is 0 Å². The van der Waals surface area contributed by atoms with Crippen LogP contribution < -0.4 is 15.4 Å². The minimum Gasteiger partial charge on any atom is -0.496 e. The molecular formula is C20H23ClN4O2. The summed E-state index contributed by atoms with van der Waals surface area (Å²) in [6.07, 6.45) is 0. The van der Waals surface area contributed by atoms with Crippen molar-refractivity contribution in [2.45, 2.75) is 26.4 Å². The summed E-state index contributed by atoms with van der Waals surface area (Å²) in [6.45, 7) is 4.39. The monoisotopic (exact) mass is 386 g/mol. The largest absolute Gasteiger partial charge is 0.496 e. The van der Waals surface area contributed by atoms with E-state index in [0.29, 0.717) is 17.3 Å². The Morgan fingerprint density at radius 1 is 1.26 bits per heavy atom. The van der Waals surface area contributed by atoms with Crippen molar-refractivity contribution in [1.82, 2.24) is 20.6 Å². The average molecular weight is 387 g/mol. The van der Waals surface area contributed by atoms with Crippen LogP contribution in [0, 0.1) is 5.92 Å². The number of urea groups is 1. The lowest BCUT2D eigenvalue weighted by molar-refractivity contribution is 0.231. The lowest BCUT2D eigenvalue weighted by Gasteiger charge is -2.21. The van der Waals surface area contributed by atoms with Crippen molar-refractivity contribution in [3.63, 3.8) is 0 Å². The van der Waals surface area contributed by atoms with E-state index in [0.717, 1.165) is 22.4 Å². The lowest BCUT2D eigenvalue weighted by Crippen LogP contribution is -2.39. The number of rotatable bonds is 6. The van der Waals surface area contributed by atoms with Crippen LogP contribution in [0.25, 0.3) is 11.0 Å². The molecule has 6 nitrogen and oxygen atoms in total. The molecule has 7 heteroatoms. The number of carbonyl (C=O) groups excluding carboxylic acids is 1. The van der Waals surface area contributed by atoms with E-state index in [1.165, 1.54) is 0 Å². The molecule has 0 aliphatic rings. The Balaban J connectivity index is 1.70. The molecule has 142 valence electrons. The molecule has 3 aromatic rings. The van der Waals surface area contributed by atoms with Crippen LogP contribution in [0.5, 0.6) is 5.75 Å². The van der Waals surface area contributed by atoms with Crippen molar-refractivity contribution in [3.05, 3.63) is 58.9 Å². The van der Waals surface area contributed by atoms with E-state index in [1.54, 1.807) is 25.3 Å². The van der Waals surface area contributed by atoms with E-state index in [4.69, 9.17) is 16.3 Å². The first kappa shape index (κ1) is 19.0. The first-order valence-electron chi connectivity index (χ1n) is 8.79. The number of methoxy groups -OCH3 is 1. The number of fused-ring (bicyclic) bond motifs is 1. The molecule has 0 saturated heterocycles. The zero-order chi connectivity index (χ0) is 19.4. The third-order valence-corrected chi connectivity index (χ3v) is 4.57. The van der Waals surface area contributed by atoms with Crippen LogP contribution in [-0.2, 0) is 6.54 Å². The van der Waals surface area contributed by atoms with Crippen molar-refractivity contribution in [1.29, 1.82) is 0 Å². The van der Waals surface area contributed by atoms with Gasteiger partial charge in [-0.25, -0.2) is 9.78 Å². The number of nitrogens with one attached hydrogen (secondary N) is 3. The van der Waals surface area contributed by atoms with Crippen LogP contribution in [0.15, 0.2) is 42.5 Å². The minimum absolute atomic E-state index is 0.164. The van der Waals surface area contributed by atoms with Gasteiger partial charge in [-0.2, -0.15) is 0 Å². The number of hydrogen-bond acceptors (Lipinski definition) is 3. The molecule has 1 unspecified atom stereocenters. The smallest absolute Gasteiger partial charge is 0.315 e. The fourth-order valence-electron chi connectivity index (χ4n) is 2.92. The maximum Gasteiger partial charge on any atom is 0.315 e. The average Bonchev–Trinajstić information content (AvgIpc) is 3.08. The SMILES string of the molecule is COc1ccc(Cl)cc1CNC(=O)NC(c1nc2ccccc2[nH]1)C(C)C. The maximum absolute atomic E-state index is 12.5. The van der Waals surface area contributed by atoms with Gasteiger partial charge in [0.15, 0.2) is 0 Å². The van der Waals surface area contributed by atoms with Gasteiger partial charge in [-0.3, -0.25) is 0 Å². The zero-order valence-corrected chi connectivity index (χ0v) is 16.3. The molecule has 3 rings (SSSR count). The van der Waals surface area contributed by atoms with Crippen LogP contribution >= 0.6 is 11.6 Å². The van der Waals surface area contributed by atoms with Crippen molar-refractivity contribution in [2.24, 2.45) is 5.92 Å². The molecule has 0 fully saturated rings. The molecule has 1 aromatic heterocycles. The molecule has 0 aliphatic heterocycles. The highest BCUT2D eigenvalue weighted by Gasteiger charge is 2.21. The van der Waals surface area contributed by atoms with Gasteiger partial charge in [0.1, 0.15) is 11.6 Å². The third-order valence-electron chi connectivity index (χ3n) is 4.34. The van der Waals surface area contributed by atoms with Gasteiger partial charge >= 0.3 is 6.03 Å². The number of ether oxygens (including phenoxy) is 1. The number of imidazole rings is 1. The molecule has 1 heterocycles. The summed E-state index contributed by atoms with van der Waals surface area (Å²) in [4.78, 5) is 20.4. The van der Waals surface area contributed by atoms with Crippen LogP contribution in [0.4, 0.5) is 4.79 Å². The second-order valence-corrected chi connectivity index (χ2v) is 7.08. The predicted octanol–water partition coefficient (Wildman–Crippen LogP) is 4.42. The number of benzene rings is 2. The van der Waals surface area contributed by atoms with E-state index in [9.17, 15) is 4.79 Å². The van der Waals surface area contributed by atoms with Gasteiger partial charge < -0.3 is 20.4 Å². The van der Waals surface area contributed by atoms with Gasteiger partial charge in [0.25, 0.3) is 0 Å². The summed E-state index contributed by atoms with van der Waals surface area (Å²) in [6, 6.07) is 12.6. The molecule has 0 spiro atoms. The lowest BCUT2D eigenvalue weighted by atomic mass is 10.0. The van der Waals surface area contributed by atoms with Crippen LogP contribution in [0.2, 0.25) is 5.02 Å². The van der Waals surface area contributed by atoms with Crippen LogP contribution in [0.1, 0.15) is 31.3 Å². The van der Waals surface area contributed by atoms with Crippen molar-refractivity contribution in [3.8, 4) is 5.75 Å². The number of aromatic nitrogens is 2. The summed E-state index contributed by atoms with van der Waals surface area (Å²) >= 11 is 6.04. The fourth-order valence-corrected chi connectivity index (χ4v) is 3.12. The number of H-pyrrole nitrogens is 1. The predicted molar refractivity (Wildman–Crippen MR) is 107 cm³/mol. The highest BCUT2D eigenvalue weighted by atomic mass is 35.5. The van der Waals surface area contributed by atoms with Crippen LogP contribution in [0.3, 0.4) is 0 Å². The summed E-state index contributed by atoms with van der Waals surface area (Å²) < 4.78 is 5.31. The van der Waals surface area contributed by atoms with E-state index in [1.807, 2.05) is 38.1 Å². The van der Waals surface area contributed by atoms with Gasteiger partial charge in [-0.05, 0) is 36.2 Å². The van der Waals surface area contributed by atoms with E-state index >= 15 is 0 Å². The van der Waals surface area contributed by atoms with Gasteiger partial charge in [0, 0.05) is 17.1 Å². The molecule has 0 saturated carbocycles. The van der Waals surface area contributed by atoms with E-state index in [2.05, 4.69) is 20.6 Å². The topological polar surface area (TPSA) is 79.0 Å². The first-order chi connectivity index (χ1) is 13.0. The summed E-state index contributed by atoms with van der Waals surface area (Å²) in [7, 11) is 1.59. The normalized spacial score (nSPS) is 12.2. The Morgan fingerprint density at radius 2 is 2.04 bits per heavy atom. The molecule has 1 atom stereocenters. The van der Waals surface area contributed by atoms with Crippen molar-refractivity contribution >= 4 is 28.7 Å². The van der Waals surface area contributed by atoms with Crippen molar-refractivity contribution < 1.29 is 9.53 Å². The number of para-hydroxylation sites is 2. The Hall–Kier alpha value is -2.73. The Bertz CT molecular complexity index is 906. The minimum atomic E-state index is -0.281. The third kappa shape index (κ3) is 4.52. The molecule has 2 amide bonds. The molecule has 0 bridgehead atoms. The Kier molecular flexibility index (Phi) is 5.86. The Labute approximate surface area is 163 Å². The van der Waals surface area contributed by atoms with Gasteiger partial charge in [0.2, 0.25) is 0 Å². The molecule has 3 N–H and O–H groups in total. The molecule has 27 heavy (non-hydrogen) atoms. The summed E-state index contributed by atoms with van der Waals surface area (Å²) in [5, 5.41) is 6.45. The van der Waals surface area contributed by atoms with Gasteiger partial charge in [-0.15, -0.1) is 0 Å². The van der Waals surface area contributed by atoms with Crippen LogP contribution in [-0.4, -0.2) is 23.1 Å². The second kappa shape index (κ2) is 8.31. The number of carbonyl (C=O) groups is 1. The highest BCUT2D eigenvalue weighted by molar-refractivity contribution is 6.30. The summed E-state index contributed by atoms with van der Waals surface area (Å²) in [5.41, 5.74) is 2.64. The molecular weight excluding hydrogens is 364 g/mol. The number of amides is 2. The number of aromatic amines is 1. The highest BCUT2D eigenvalue weighted by Crippen LogP contribution is 2.23. The van der Waals surface area contributed by atoms with Crippen molar-refractivity contribution in [2.75, 3.05) is 7.11 Å².